The van der Waals surface area contributed by atoms with Gasteiger partial charge in [0, 0.05) is 81.8 Å². The van der Waals surface area contributed by atoms with Crippen LogP contribution in [0.2, 0.25) is 20.1 Å². The zero-order chi connectivity index (χ0) is 28.4. The fourth-order valence-corrected chi connectivity index (χ4v) is 6.17. The Kier molecular flexibility index (Phi) is 8.78. The third-order valence-corrected chi connectivity index (χ3v) is 8.59. The molecule has 0 spiro atoms. The Morgan fingerprint density at radius 2 is 1.03 bits per heavy atom. The number of anilines is 2. The number of nitro benzene ring substituents is 2. The average molecular weight is 624 g/mol. The molecule has 0 amide bonds. The molecule has 0 bridgehead atoms. The van der Waals surface area contributed by atoms with Crippen LogP contribution in [0.25, 0.3) is 22.3 Å². The zero-order valence-electron chi connectivity index (χ0n) is 20.2. The Hall–Kier alpha value is -3.21. The number of halogens is 4. The van der Waals surface area contributed by atoms with Crippen molar-refractivity contribution in [3.63, 3.8) is 0 Å². The minimum atomic E-state index is -0.520. The Bertz CT molecular complexity index is 1520. The second-order valence-corrected chi connectivity index (χ2v) is 10.7. The van der Waals surface area contributed by atoms with Crippen molar-refractivity contribution >= 4 is 80.9 Å². The molecule has 0 atom stereocenters. The lowest BCUT2D eigenvalue weighted by Gasteiger charge is -2.18. The van der Waals surface area contributed by atoms with Crippen LogP contribution in [0.5, 0.6) is 0 Å². The van der Waals surface area contributed by atoms with Crippen molar-refractivity contribution in [3.05, 3.63) is 101 Å². The van der Waals surface area contributed by atoms with Crippen LogP contribution in [0.3, 0.4) is 0 Å². The van der Waals surface area contributed by atoms with E-state index in [1.807, 2.05) is 24.3 Å². The maximum absolute atomic E-state index is 11.2. The molecule has 39 heavy (non-hydrogen) atoms. The molecule has 0 fully saturated rings. The molecule has 0 saturated carbocycles. The fourth-order valence-electron chi connectivity index (χ4n) is 3.97. The van der Waals surface area contributed by atoms with Crippen LogP contribution in [0.1, 0.15) is 0 Å². The summed E-state index contributed by atoms with van der Waals surface area (Å²) in [5, 5.41) is 29.6. The summed E-state index contributed by atoms with van der Waals surface area (Å²) >= 11 is 28.0. The Balaban J connectivity index is 1.83. The average Bonchev–Trinajstić information content (AvgIpc) is 2.90. The first-order valence-electron chi connectivity index (χ1n) is 11.1. The van der Waals surface area contributed by atoms with Gasteiger partial charge in [0.15, 0.2) is 0 Å². The van der Waals surface area contributed by atoms with E-state index < -0.39 is 9.85 Å². The summed E-state index contributed by atoms with van der Waals surface area (Å²) in [6.07, 6.45) is 0. The van der Waals surface area contributed by atoms with Gasteiger partial charge >= 0.3 is 0 Å². The SMILES string of the molecule is CNc1ccc(Sc2ccc(NC)c(-c3ccc([N+](=O)[O-])cc3Cl)c2Cl)c(Cl)c1-c1ccc([N+](=O)[O-])cc1Cl. The molecular formula is C26H18Cl4N4O4S. The lowest BCUT2D eigenvalue weighted by atomic mass is 10.0. The number of hydrogen-bond acceptors (Lipinski definition) is 7. The largest absolute Gasteiger partial charge is 0.388 e. The maximum Gasteiger partial charge on any atom is 0.270 e. The number of benzene rings is 4. The second-order valence-electron chi connectivity index (χ2n) is 8.05. The van der Waals surface area contributed by atoms with Crippen LogP contribution in [0, 0.1) is 20.2 Å². The lowest BCUT2D eigenvalue weighted by molar-refractivity contribution is -0.385. The minimum Gasteiger partial charge on any atom is -0.388 e. The first-order valence-corrected chi connectivity index (χ1v) is 13.5. The van der Waals surface area contributed by atoms with E-state index in [4.69, 9.17) is 46.4 Å². The fraction of sp³-hybridized carbons (Fsp3) is 0.0769. The molecule has 4 rings (SSSR count). The number of hydrogen-bond donors (Lipinski definition) is 2. The van der Waals surface area contributed by atoms with Gasteiger partial charge in [0.2, 0.25) is 0 Å². The maximum atomic E-state index is 11.2. The molecule has 4 aromatic carbocycles. The Morgan fingerprint density at radius 1 is 0.641 bits per heavy atom. The predicted molar refractivity (Wildman–Crippen MR) is 160 cm³/mol. The smallest absolute Gasteiger partial charge is 0.270 e. The van der Waals surface area contributed by atoms with Gasteiger partial charge in [-0.05, 0) is 36.4 Å². The van der Waals surface area contributed by atoms with Gasteiger partial charge in [-0.25, -0.2) is 0 Å². The van der Waals surface area contributed by atoms with E-state index >= 15 is 0 Å². The summed E-state index contributed by atoms with van der Waals surface area (Å²) in [4.78, 5) is 22.6. The van der Waals surface area contributed by atoms with Gasteiger partial charge in [-0.1, -0.05) is 58.2 Å². The van der Waals surface area contributed by atoms with E-state index in [2.05, 4.69) is 10.6 Å². The number of nitrogens with one attached hydrogen (secondary N) is 2. The van der Waals surface area contributed by atoms with Gasteiger partial charge in [0.25, 0.3) is 11.4 Å². The number of nitrogens with zero attached hydrogens (tertiary/aromatic N) is 2. The van der Waals surface area contributed by atoms with Gasteiger partial charge in [0.05, 0.1) is 29.9 Å². The van der Waals surface area contributed by atoms with Crippen molar-refractivity contribution < 1.29 is 9.85 Å². The molecule has 8 nitrogen and oxygen atoms in total. The highest BCUT2D eigenvalue weighted by atomic mass is 35.5. The highest BCUT2D eigenvalue weighted by Gasteiger charge is 2.22. The monoisotopic (exact) mass is 622 g/mol. The van der Waals surface area contributed by atoms with Gasteiger partial charge in [-0.2, -0.15) is 0 Å². The van der Waals surface area contributed by atoms with E-state index in [0.717, 1.165) is 0 Å². The molecule has 0 unspecified atom stereocenters. The Labute approximate surface area is 247 Å². The van der Waals surface area contributed by atoms with Crippen molar-refractivity contribution in [2.45, 2.75) is 9.79 Å². The summed E-state index contributed by atoms with van der Waals surface area (Å²) in [5.74, 6) is 0. The van der Waals surface area contributed by atoms with Crippen LogP contribution in [-0.2, 0) is 0 Å². The first kappa shape index (κ1) is 28.8. The molecule has 0 aromatic heterocycles. The van der Waals surface area contributed by atoms with E-state index in [-0.39, 0.29) is 21.4 Å². The highest BCUT2D eigenvalue weighted by molar-refractivity contribution is 7.99. The number of nitro groups is 2. The zero-order valence-corrected chi connectivity index (χ0v) is 24.1. The molecule has 0 aliphatic rings. The molecule has 0 saturated heterocycles. The summed E-state index contributed by atoms with van der Waals surface area (Å²) in [6, 6.07) is 15.7. The second kappa shape index (κ2) is 11.9. The topological polar surface area (TPSA) is 110 Å². The molecule has 13 heteroatoms. The molecule has 0 aliphatic carbocycles. The normalized spacial score (nSPS) is 10.8. The predicted octanol–water partition coefficient (Wildman–Crippen LogP) is 9.69. The van der Waals surface area contributed by atoms with Gasteiger partial charge in [-0.3, -0.25) is 20.2 Å². The summed E-state index contributed by atoms with van der Waals surface area (Å²) in [7, 11) is 3.46. The number of rotatable bonds is 8. The van der Waals surface area contributed by atoms with Crippen LogP contribution in [0.4, 0.5) is 22.7 Å². The lowest BCUT2D eigenvalue weighted by Crippen LogP contribution is -1.97. The van der Waals surface area contributed by atoms with Gasteiger partial charge in [-0.15, -0.1) is 0 Å². The van der Waals surface area contributed by atoms with E-state index in [0.29, 0.717) is 53.5 Å². The van der Waals surface area contributed by atoms with Crippen molar-refractivity contribution in [3.8, 4) is 22.3 Å². The van der Waals surface area contributed by atoms with Crippen molar-refractivity contribution in [2.24, 2.45) is 0 Å². The molecule has 0 radical (unpaired) electrons. The van der Waals surface area contributed by atoms with Crippen molar-refractivity contribution in [2.75, 3.05) is 24.7 Å². The van der Waals surface area contributed by atoms with Gasteiger partial charge < -0.3 is 10.6 Å². The third-order valence-electron chi connectivity index (χ3n) is 5.84. The third kappa shape index (κ3) is 5.73. The van der Waals surface area contributed by atoms with Crippen molar-refractivity contribution in [1.29, 1.82) is 0 Å². The molecule has 0 aliphatic heterocycles. The van der Waals surface area contributed by atoms with Crippen molar-refractivity contribution in [1.82, 2.24) is 0 Å². The van der Waals surface area contributed by atoms with E-state index in [1.165, 1.54) is 36.0 Å². The summed E-state index contributed by atoms with van der Waals surface area (Å²) in [6.45, 7) is 0. The van der Waals surface area contributed by atoms with Crippen LogP contribution < -0.4 is 10.6 Å². The van der Waals surface area contributed by atoms with E-state index in [9.17, 15) is 20.2 Å². The number of non-ortho nitro benzene ring substituents is 2. The molecular weight excluding hydrogens is 606 g/mol. The molecule has 2 N–H and O–H groups in total. The first-order chi connectivity index (χ1) is 18.6. The minimum absolute atomic E-state index is 0.134. The molecule has 200 valence electrons. The molecule has 0 heterocycles. The molecule has 4 aromatic rings. The van der Waals surface area contributed by atoms with Crippen LogP contribution >= 0.6 is 58.2 Å². The van der Waals surface area contributed by atoms with E-state index in [1.54, 1.807) is 26.2 Å². The standard InChI is InChI=1S/C26H18Cl4N4O4S/c1-31-19-7-9-21(25(29)23(19)15-5-3-13(33(35)36)11-17(15)27)39-22-10-8-20(32-2)24(26(22)30)16-6-4-14(34(37)38)12-18(16)28/h3-12,31-32H,1-2H3. The summed E-state index contributed by atoms with van der Waals surface area (Å²) < 4.78 is 0. The Morgan fingerprint density at radius 3 is 1.33 bits per heavy atom. The van der Waals surface area contributed by atoms with Crippen LogP contribution in [-0.4, -0.2) is 23.9 Å². The highest BCUT2D eigenvalue weighted by Crippen LogP contribution is 2.49. The van der Waals surface area contributed by atoms with Crippen LogP contribution in [0.15, 0.2) is 70.5 Å². The van der Waals surface area contributed by atoms with Gasteiger partial charge in [0.1, 0.15) is 0 Å². The quantitative estimate of drug-likeness (QED) is 0.148. The summed E-state index contributed by atoms with van der Waals surface area (Å²) in [5.41, 5.74) is 3.28.